The van der Waals surface area contributed by atoms with Crippen LogP contribution in [0.3, 0.4) is 0 Å². The van der Waals surface area contributed by atoms with Crippen molar-refractivity contribution in [2.45, 2.75) is 71.1 Å². The molecule has 0 N–H and O–H groups in total. The topological polar surface area (TPSA) is 71.8 Å². The number of rotatable bonds is 11. The smallest absolute Gasteiger partial charge is 0.309 e. The first-order valence-corrected chi connectivity index (χ1v) is 18.8. The predicted molar refractivity (Wildman–Crippen MR) is 166 cm³/mol. The van der Waals surface area contributed by atoms with Crippen molar-refractivity contribution in [1.82, 2.24) is 9.55 Å². The van der Waals surface area contributed by atoms with Crippen molar-refractivity contribution in [1.29, 1.82) is 0 Å². The molecule has 220 valence electrons. The Morgan fingerprint density at radius 3 is 2.59 bits per heavy atom. The molecule has 5 rings (SSSR count). The first-order chi connectivity index (χ1) is 19.7. The van der Waals surface area contributed by atoms with Gasteiger partial charge in [0, 0.05) is 32.7 Å². The fourth-order valence-corrected chi connectivity index (χ4v) is 6.30. The summed E-state index contributed by atoms with van der Waals surface area (Å²) < 4.78 is 25.2. The Morgan fingerprint density at radius 1 is 1.15 bits per heavy atom. The summed E-state index contributed by atoms with van der Waals surface area (Å²) in [6.07, 6.45) is 5.44. The van der Waals surface area contributed by atoms with Gasteiger partial charge in [-0.05, 0) is 49.4 Å². The molecule has 3 heterocycles. The number of benzene rings is 1. The molecule has 1 saturated heterocycles. The van der Waals surface area contributed by atoms with Crippen LogP contribution in [0.15, 0.2) is 42.5 Å². The Morgan fingerprint density at radius 2 is 1.93 bits per heavy atom. The van der Waals surface area contributed by atoms with Gasteiger partial charge in [-0.3, -0.25) is 9.36 Å². The summed E-state index contributed by atoms with van der Waals surface area (Å²) in [6.45, 7) is 11.7. The first-order valence-electron chi connectivity index (χ1n) is 14.7. The second-order valence-corrected chi connectivity index (χ2v) is 18.1. The highest BCUT2D eigenvalue weighted by Crippen LogP contribution is 2.36. The van der Waals surface area contributed by atoms with E-state index in [-0.39, 0.29) is 18.0 Å². The quantitative estimate of drug-likeness (QED) is 0.129. The Balaban J connectivity index is 1.36. The van der Waals surface area contributed by atoms with E-state index < -0.39 is 8.07 Å². The maximum atomic E-state index is 12.1. The highest BCUT2D eigenvalue weighted by atomic mass is 35.5. The molecule has 0 spiro atoms. The molecule has 9 heteroatoms. The molecule has 0 bridgehead atoms. The molecular formula is C32H41ClN2O5Si. The minimum absolute atomic E-state index is 0.0178. The van der Waals surface area contributed by atoms with Crippen molar-refractivity contribution in [3.8, 4) is 17.1 Å². The monoisotopic (exact) mass is 596 g/mol. The summed E-state index contributed by atoms with van der Waals surface area (Å²) in [5.41, 5.74) is 5.81. The van der Waals surface area contributed by atoms with Gasteiger partial charge in [0.1, 0.15) is 12.8 Å². The van der Waals surface area contributed by atoms with Crippen LogP contribution in [0.1, 0.15) is 38.2 Å². The molecule has 2 aliphatic rings. The van der Waals surface area contributed by atoms with Crippen molar-refractivity contribution < 1.29 is 23.7 Å². The van der Waals surface area contributed by atoms with Gasteiger partial charge in [-0.2, -0.15) is 0 Å². The van der Waals surface area contributed by atoms with Crippen LogP contribution in [0.25, 0.3) is 27.9 Å². The van der Waals surface area contributed by atoms with E-state index in [2.05, 4.69) is 50.0 Å². The maximum Gasteiger partial charge on any atom is 0.309 e. The van der Waals surface area contributed by atoms with Crippen LogP contribution in [0.4, 0.5) is 0 Å². The number of nitrogens with zero attached hydrogens (tertiary/aromatic N) is 2. The number of allylic oxidation sites excluding steroid dienone is 2. The summed E-state index contributed by atoms with van der Waals surface area (Å²) in [5, 5.41) is 0.580. The number of esters is 1. The van der Waals surface area contributed by atoms with Gasteiger partial charge in [0.05, 0.1) is 47.5 Å². The lowest BCUT2D eigenvalue weighted by molar-refractivity contribution is -0.148. The molecule has 1 aliphatic heterocycles. The van der Waals surface area contributed by atoms with E-state index >= 15 is 0 Å². The van der Waals surface area contributed by atoms with E-state index in [9.17, 15) is 4.79 Å². The molecule has 1 aliphatic carbocycles. The SMILES string of the molecule is CCOC(=O)C1CC=C(c2ccc(-c3nc4cc(O[C@H]5CCOC5)n(COCC[Si](C)(C)C)c4cc3Cl)cc2)CC1. The number of hydrogen-bond donors (Lipinski definition) is 0. The number of pyridine rings is 1. The number of halogens is 1. The van der Waals surface area contributed by atoms with Crippen LogP contribution >= 0.6 is 11.6 Å². The van der Waals surface area contributed by atoms with E-state index in [0.29, 0.717) is 38.2 Å². The second-order valence-electron chi connectivity index (χ2n) is 12.1. The lowest BCUT2D eigenvalue weighted by Gasteiger charge is -2.20. The zero-order valence-electron chi connectivity index (χ0n) is 24.6. The molecule has 1 aromatic carbocycles. The van der Waals surface area contributed by atoms with Crippen molar-refractivity contribution in [3.05, 3.63) is 53.1 Å². The molecule has 3 aromatic rings. The van der Waals surface area contributed by atoms with Crippen molar-refractivity contribution in [3.63, 3.8) is 0 Å². The summed E-state index contributed by atoms with van der Waals surface area (Å²) in [6, 6.07) is 13.4. The molecule has 1 fully saturated rings. The fourth-order valence-electron chi connectivity index (χ4n) is 5.29. The molecule has 7 nitrogen and oxygen atoms in total. The minimum Gasteiger partial charge on any atom is -0.473 e. The molecule has 0 radical (unpaired) electrons. The number of fused-ring (bicyclic) bond motifs is 1. The van der Waals surface area contributed by atoms with Crippen molar-refractivity contribution in [2.75, 3.05) is 26.4 Å². The van der Waals surface area contributed by atoms with Crippen LogP contribution in [0.5, 0.6) is 5.88 Å². The van der Waals surface area contributed by atoms with Crippen LogP contribution < -0.4 is 4.74 Å². The van der Waals surface area contributed by atoms with Crippen molar-refractivity contribution >= 4 is 42.3 Å². The third-order valence-electron chi connectivity index (χ3n) is 7.75. The van der Waals surface area contributed by atoms with Crippen LogP contribution in [0, 0.1) is 5.92 Å². The lowest BCUT2D eigenvalue weighted by atomic mass is 9.86. The van der Waals surface area contributed by atoms with Gasteiger partial charge in [-0.15, -0.1) is 0 Å². The highest BCUT2D eigenvalue weighted by molar-refractivity contribution is 6.76. The lowest BCUT2D eigenvalue weighted by Crippen LogP contribution is -2.22. The predicted octanol–water partition coefficient (Wildman–Crippen LogP) is 7.58. The zero-order valence-corrected chi connectivity index (χ0v) is 26.3. The molecule has 1 unspecified atom stereocenters. The Hall–Kier alpha value is -2.65. The number of aromatic nitrogens is 2. The van der Waals surface area contributed by atoms with Gasteiger partial charge in [0.15, 0.2) is 5.88 Å². The molecular weight excluding hydrogens is 556 g/mol. The molecule has 41 heavy (non-hydrogen) atoms. The number of carbonyl (C=O) groups is 1. The summed E-state index contributed by atoms with van der Waals surface area (Å²) >= 11 is 6.84. The number of hydrogen-bond acceptors (Lipinski definition) is 6. The Kier molecular flexibility index (Phi) is 9.54. The Bertz CT molecular complexity index is 1390. The van der Waals surface area contributed by atoms with Crippen LogP contribution in [-0.4, -0.2) is 56.1 Å². The van der Waals surface area contributed by atoms with E-state index in [4.69, 9.17) is 35.5 Å². The van der Waals surface area contributed by atoms with E-state index in [0.717, 1.165) is 65.5 Å². The van der Waals surface area contributed by atoms with Gasteiger partial charge in [0.2, 0.25) is 0 Å². The van der Waals surface area contributed by atoms with Gasteiger partial charge in [-0.1, -0.05) is 61.6 Å². The second kappa shape index (κ2) is 13.1. The average molecular weight is 597 g/mol. The highest BCUT2D eigenvalue weighted by Gasteiger charge is 2.24. The average Bonchev–Trinajstić information content (AvgIpc) is 3.58. The largest absolute Gasteiger partial charge is 0.473 e. The summed E-state index contributed by atoms with van der Waals surface area (Å²) in [7, 11) is -1.19. The Labute approximate surface area is 248 Å². The van der Waals surface area contributed by atoms with E-state index in [1.54, 1.807) is 0 Å². The maximum absolute atomic E-state index is 12.1. The van der Waals surface area contributed by atoms with Crippen LogP contribution in [-0.2, 0) is 25.7 Å². The first kappa shape index (κ1) is 29.8. The summed E-state index contributed by atoms with van der Waals surface area (Å²) in [4.78, 5) is 17.1. The minimum atomic E-state index is -1.19. The summed E-state index contributed by atoms with van der Waals surface area (Å²) in [5.74, 6) is 0.595. The fraction of sp³-hybridized carbons (Fsp3) is 0.500. The third kappa shape index (κ3) is 7.41. The molecule has 0 saturated carbocycles. The van der Waals surface area contributed by atoms with Crippen molar-refractivity contribution in [2.24, 2.45) is 5.92 Å². The standard InChI is InChI=1S/C32H41ClN2O5Si/c1-5-39-32(36)25-12-8-23(9-13-25)22-6-10-24(11-7-22)31-27(33)18-29-28(34-31)19-30(40-26-14-15-37-20-26)35(29)21-38-16-17-41(2,3)4/h6-8,10-11,18-19,25-26H,5,9,12-17,20-21H2,1-4H3/t25?,26-/m0/s1. The van der Waals surface area contributed by atoms with Gasteiger partial charge >= 0.3 is 5.97 Å². The molecule has 0 amide bonds. The van der Waals surface area contributed by atoms with Gasteiger partial charge in [-0.25, -0.2) is 4.98 Å². The van der Waals surface area contributed by atoms with Gasteiger partial charge in [0.25, 0.3) is 0 Å². The number of carbonyl (C=O) groups excluding carboxylic acids is 1. The van der Waals surface area contributed by atoms with Crippen LogP contribution in [0.2, 0.25) is 30.7 Å². The molecule has 2 atom stereocenters. The van der Waals surface area contributed by atoms with Gasteiger partial charge < -0.3 is 18.9 Å². The normalized spacial score (nSPS) is 19.4. The third-order valence-corrected chi connectivity index (χ3v) is 9.75. The van der Waals surface area contributed by atoms with E-state index in [1.165, 1.54) is 5.57 Å². The number of ether oxygens (including phenoxy) is 4. The van der Waals surface area contributed by atoms with E-state index in [1.807, 2.05) is 23.6 Å². The zero-order chi connectivity index (χ0) is 29.0. The molecule has 2 aromatic heterocycles.